The molecule has 0 radical (unpaired) electrons. The van der Waals surface area contributed by atoms with Crippen LogP contribution >= 0.6 is 0 Å². The highest BCUT2D eigenvalue weighted by Gasteiger charge is 2.42. The maximum absolute atomic E-state index is 13.7. The van der Waals surface area contributed by atoms with Gasteiger partial charge in [-0.15, -0.1) is 0 Å². The summed E-state index contributed by atoms with van der Waals surface area (Å²) in [5.74, 6) is 0.899. The van der Waals surface area contributed by atoms with Gasteiger partial charge in [-0.1, -0.05) is 70.4 Å². The molecule has 2 aromatic carbocycles. The number of carbonyl (C=O) groups excluding carboxylic acids is 2. The van der Waals surface area contributed by atoms with Crippen molar-refractivity contribution in [3.05, 3.63) is 59.2 Å². The number of nitrogens with one attached hydrogen (secondary N) is 1. The van der Waals surface area contributed by atoms with E-state index in [1.807, 2.05) is 30.3 Å². The van der Waals surface area contributed by atoms with Crippen molar-refractivity contribution in [1.82, 2.24) is 5.32 Å². The van der Waals surface area contributed by atoms with Gasteiger partial charge in [0.15, 0.2) is 9.84 Å². The van der Waals surface area contributed by atoms with Crippen molar-refractivity contribution in [3.8, 4) is 5.75 Å². The largest absolute Gasteiger partial charge is 0.496 e. The lowest BCUT2D eigenvalue weighted by molar-refractivity contribution is -0.191. The van der Waals surface area contributed by atoms with E-state index in [1.54, 1.807) is 7.11 Å². The van der Waals surface area contributed by atoms with Crippen molar-refractivity contribution in [2.24, 2.45) is 0 Å². The lowest BCUT2D eigenvalue weighted by atomic mass is 9.87. The van der Waals surface area contributed by atoms with E-state index in [-0.39, 0.29) is 17.9 Å². The molecule has 33 heavy (non-hydrogen) atoms. The van der Waals surface area contributed by atoms with Crippen LogP contribution in [-0.4, -0.2) is 33.0 Å². The van der Waals surface area contributed by atoms with Crippen molar-refractivity contribution < 1.29 is 22.7 Å². The number of sulfone groups is 1. The van der Waals surface area contributed by atoms with Gasteiger partial charge >= 0.3 is 6.15 Å². The Balaban J connectivity index is 0.00000122. The number of unbranched alkanes of at least 4 members (excludes halogenated alkanes) is 1. The third-order valence-electron chi connectivity index (χ3n) is 6.31. The molecule has 0 amide bonds. The number of aryl methyl sites for hydroxylation is 1. The van der Waals surface area contributed by atoms with Crippen LogP contribution in [0.15, 0.2) is 47.4 Å². The van der Waals surface area contributed by atoms with Gasteiger partial charge in [-0.25, -0.2) is 8.42 Å². The molecule has 0 fully saturated rings. The zero-order valence-corrected chi connectivity index (χ0v) is 20.8. The Labute approximate surface area is 197 Å². The predicted molar refractivity (Wildman–Crippen MR) is 128 cm³/mol. The van der Waals surface area contributed by atoms with Crippen molar-refractivity contribution in [2.75, 3.05) is 12.9 Å². The number of methoxy groups -OCH3 is 1. The summed E-state index contributed by atoms with van der Waals surface area (Å²) in [5.41, 5.74) is 2.39. The summed E-state index contributed by atoms with van der Waals surface area (Å²) < 4.78 is 33.0. The Morgan fingerprint density at radius 1 is 1.09 bits per heavy atom. The molecule has 0 aliphatic carbocycles. The third-order valence-corrected chi connectivity index (χ3v) is 8.27. The molecule has 0 saturated heterocycles. The number of hydrogen-bond acceptors (Lipinski definition) is 6. The van der Waals surface area contributed by atoms with Crippen LogP contribution in [0.2, 0.25) is 0 Å². The van der Waals surface area contributed by atoms with Crippen molar-refractivity contribution >= 4 is 16.0 Å². The molecule has 3 rings (SSSR count). The molecule has 1 N–H and O–H groups in total. The first-order valence-electron chi connectivity index (χ1n) is 11.6. The first-order valence-corrected chi connectivity index (χ1v) is 13.2. The van der Waals surface area contributed by atoms with Crippen LogP contribution in [0.1, 0.15) is 75.6 Å². The summed E-state index contributed by atoms with van der Waals surface area (Å²) in [6.45, 7) is 6.35. The minimum atomic E-state index is -3.45. The van der Waals surface area contributed by atoms with E-state index in [4.69, 9.17) is 14.3 Å². The minimum absolute atomic E-state index is 0.130. The Hall–Kier alpha value is -2.47. The first-order chi connectivity index (χ1) is 15.8. The summed E-state index contributed by atoms with van der Waals surface area (Å²) >= 11 is 0. The van der Waals surface area contributed by atoms with E-state index >= 15 is 0 Å². The van der Waals surface area contributed by atoms with Gasteiger partial charge in [-0.3, -0.25) is 5.32 Å². The maximum Gasteiger partial charge on any atom is 0.373 e. The summed E-state index contributed by atoms with van der Waals surface area (Å²) in [6.07, 6.45) is 5.63. The Morgan fingerprint density at radius 2 is 1.76 bits per heavy atom. The molecule has 0 aromatic heterocycles. The average Bonchev–Trinajstić information content (AvgIpc) is 2.91. The highest BCUT2D eigenvalue weighted by Crippen LogP contribution is 2.41. The van der Waals surface area contributed by atoms with Crippen LogP contribution in [0.25, 0.3) is 0 Å². The molecule has 1 aliphatic heterocycles. The smallest absolute Gasteiger partial charge is 0.373 e. The van der Waals surface area contributed by atoms with Gasteiger partial charge in [-0.05, 0) is 48.1 Å². The average molecular weight is 474 g/mol. The summed E-state index contributed by atoms with van der Waals surface area (Å²) in [6, 6.07) is 13.8. The second kappa shape index (κ2) is 12.1. The number of hydrogen-bond donors (Lipinski definition) is 1. The van der Waals surface area contributed by atoms with E-state index < -0.39 is 15.4 Å². The molecule has 2 atom stereocenters. The first kappa shape index (κ1) is 26.8. The molecule has 6 nitrogen and oxygen atoms in total. The summed E-state index contributed by atoms with van der Waals surface area (Å²) in [5, 5.41) is 3.81. The van der Waals surface area contributed by atoms with Crippen LogP contribution < -0.4 is 10.1 Å². The summed E-state index contributed by atoms with van der Waals surface area (Å²) in [4.78, 5) is 16.7. The van der Waals surface area contributed by atoms with Crippen LogP contribution in [0.3, 0.4) is 0 Å². The van der Waals surface area contributed by atoms with Crippen molar-refractivity contribution in [2.45, 2.75) is 75.8 Å². The molecule has 180 valence electrons. The molecule has 1 aliphatic rings. The molecule has 0 bridgehead atoms. The highest BCUT2D eigenvalue weighted by molar-refractivity contribution is 7.91. The zero-order valence-electron chi connectivity index (χ0n) is 20.0. The Bertz CT molecular complexity index is 1050. The number of ether oxygens (including phenoxy) is 1. The second-order valence-electron chi connectivity index (χ2n) is 8.52. The van der Waals surface area contributed by atoms with Crippen molar-refractivity contribution in [3.63, 3.8) is 0 Å². The van der Waals surface area contributed by atoms with Crippen LogP contribution in [-0.2, 0) is 25.8 Å². The third kappa shape index (κ3) is 6.32. The minimum Gasteiger partial charge on any atom is -0.496 e. The fourth-order valence-electron chi connectivity index (χ4n) is 4.58. The summed E-state index contributed by atoms with van der Waals surface area (Å²) in [7, 11) is -1.79. The zero-order chi connectivity index (χ0) is 24.5. The van der Waals surface area contributed by atoms with E-state index in [0.29, 0.717) is 4.90 Å². The Kier molecular flexibility index (Phi) is 9.84. The van der Waals surface area contributed by atoms with Gasteiger partial charge in [0.1, 0.15) is 5.75 Å². The van der Waals surface area contributed by atoms with E-state index in [2.05, 4.69) is 38.2 Å². The van der Waals surface area contributed by atoms with Gasteiger partial charge in [0.25, 0.3) is 0 Å². The lowest BCUT2D eigenvalue weighted by Gasteiger charge is -2.36. The maximum atomic E-state index is 13.7. The SMILES string of the molecule is CCCC[C@]1(CC)CS(=O)(=O)c2cc(CCC)c(OC)cc2[C@@H](c2ccccc2)N1.O=C=O. The highest BCUT2D eigenvalue weighted by atomic mass is 32.2. The fraction of sp³-hybridized carbons (Fsp3) is 0.500. The molecule has 0 unspecified atom stereocenters. The van der Waals surface area contributed by atoms with Crippen molar-refractivity contribution in [1.29, 1.82) is 0 Å². The van der Waals surface area contributed by atoms with E-state index in [9.17, 15) is 8.42 Å². The lowest BCUT2D eigenvalue weighted by Crippen LogP contribution is -2.50. The monoisotopic (exact) mass is 473 g/mol. The molecule has 2 aromatic rings. The number of rotatable bonds is 8. The molecular formula is C26H35NO5S. The second-order valence-corrected chi connectivity index (χ2v) is 10.5. The standard InChI is InChI=1S/C25H35NO3S.CO2/c1-5-8-15-25(7-3)18-30(27,28)23-16-20(12-6-2)22(29-4)17-21(23)24(26-25)19-13-10-9-11-14-19;2-1-3/h9-11,13-14,16-17,24,26H,5-8,12,15,18H2,1-4H3;/t24-,25-;/m1./s1. The quantitative estimate of drug-likeness (QED) is 0.588. The normalized spacial score (nSPS) is 21.0. The molecule has 7 heteroatoms. The molecule has 0 spiro atoms. The topological polar surface area (TPSA) is 89.5 Å². The fourth-order valence-corrected chi connectivity index (χ4v) is 6.76. The van der Waals surface area contributed by atoms with E-state index in [0.717, 1.165) is 61.0 Å². The number of benzene rings is 2. The van der Waals surface area contributed by atoms with Gasteiger partial charge in [0, 0.05) is 5.54 Å². The number of fused-ring (bicyclic) bond motifs is 1. The predicted octanol–water partition coefficient (Wildman–Crippen LogP) is 4.87. The van der Waals surface area contributed by atoms with Gasteiger partial charge < -0.3 is 4.74 Å². The Morgan fingerprint density at radius 3 is 2.30 bits per heavy atom. The van der Waals surface area contributed by atoms with E-state index in [1.165, 1.54) is 0 Å². The van der Waals surface area contributed by atoms with Crippen LogP contribution in [0.4, 0.5) is 0 Å². The molecule has 0 saturated carbocycles. The molecule has 1 heterocycles. The van der Waals surface area contributed by atoms with Gasteiger partial charge in [-0.2, -0.15) is 9.59 Å². The molecular weight excluding hydrogens is 438 g/mol. The van der Waals surface area contributed by atoms with Crippen LogP contribution in [0.5, 0.6) is 5.75 Å². The van der Waals surface area contributed by atoms with Crippen LogP contribution in [0, 0.1) is 0 Å². The van der Waals surface area contributed by atoms with Gasteiger partial charge in [0.2, 0.25) is 0 Å². The van der Waals surface area contributed by atoms with Gasteiger partial charge in [0.05, 0.1) is 23.8 Å².